The number of hydrogen-bond donors (Lipinski definition) is 1. The fourth-order valence-electron chi connectivity index (χ4n) is 3.68. The monoisotopic (exact) mass is 354 g/mol. The molecule has 2 aliphatic heterocycles. The van der Waals surface area contributed by atoms with E-state index in [4.69, 9.17) is 4.74 Å². The zero-order valence-electron chi connectivity index (χ0n) is 14.3. The van der Waals surface area contributed by atoms with E-state index in [1.165, 1.54) is 11.1 Å². The first-order valence-corrected chi connectivity index (χ1v) is 10.2. The molecule has 2 saturated heterocycles. The van der Waals surface area contributed by atoms with Gasteiger partial charge in [-0.05, 0) is 13.0 Å². The summed E-state index contributed by atoms with van der Waals surface area (Å²) in [7, 11) is -1.40. The molecule has 0 aliphatic carbocycles. The first kappa shape index (κ1) is 17.7. The summed E-state index contributed by atoms with van der Waals surface area (Å²) >= 11 is 0. The number of aliphatic hydroxyl groups excluding tert-OH is 1. The molecule has 7 heteroatoms. The number of nitrogens with zero attached hydrogens (tertiary/aromatic N) is 2. The van der Waals surface area contributed by atoms with Gasteiger partial charge in [-0.2, -0.15) is 0 Å². The van der Waals surface area contributed by atoms with E-state index in [9.17, 15) is 13.5 Å². The van der Waals surface area contributed by atoms with Crippen LogP contribution in [0.2, 0.25) is 0 Å². The maximum absolute atomic E-state index is 11.7. The summed E-state index contributed by atoms with van der Waals surface area (Å²) in [5.41, 5.74) is 2.39. The van der Waals surface area contributed by atoms with E-state index < -0.39 is 15.9 Å². The van der Waals surface area contributed by atoms with Crippen LogP contribution in [0.3, 0.4) is 0 Å². The molecule has 1 N–H and O–H groups in total. The number of methoxy groups -OCH3 is 1. The van der Waals surface area contributed by atoms with Gasteiger partial charge in [-0.1, -0.05) is 17.7 Å². The molecule has 2 fully saturated rings. The summed E-state index contributed by atoms with van der Waals surface area (Å²) in [6.45, 7) is 6.19. The third kappa shape index (κ3) is 3.91. The van der Waals surface area contributed by atoms with Gasteiger partial charge in [0.25, 0.3) is 0 Å². The maximum atomic E-state index is 11.7. The van der Waals surface area contributed by atoms with Gasteiger partial charge in [-0.3, -0.25) is 9.80 Å². The Bertz CT molecular complexity index is 684. The molecule has 24 heavy (non-hydrogen) atoms. The van der Waals surface area contributed by atoms with Crippen molar-refractivity contribution in [2.45, 2.75) is 25.6 Å². The van der Waals surface area contributed by atoms with Crippen LogP contribution in [0.1, 0.15) is 11.1 Å². The van der Waals surface area contributed by atoms with Crippen LogP contribution < -0.4 is 4.74 Å². The molecule has 3 rings (SSSR count). The van der Waals surface area contributed by atoms with E-state index in [0.717, 1.165) is 38.5 Å². The number of ether oxygens (including phenoxy) is 1. The third-order valence-electron chi connectivity index (χ3n) is 5.00. The van der Waals surface area contributed by atoms with Gasteiger partial charge < -0.3 is 9.84 Å². The lowest BCUT2D eigenvalue weighted by Crippen LogP contribution is -2.53. The van der Waals surface area contributed by atoms with Crippen molar-refractivity contribution in [1.29, 1.82) is 0 Å². The standard InChI is InChI=1S/C17H26N2O4S/c1-13-3-4-17(23-2)14(9-13)10-18-5-7-19(8-6-18)15-11-24(21,22)12-16(15)20/h3-4,9,15-16,20H,5-8,10-12H2,1-2H3/t15-,16-/m0/s1. The number of rotatable bonds is 4. The molecule has 0 spiro atoms. The first-order valence-electron chi connectivity index (χ1n) is 8.36. The second kappa shape index (κ2) is 7.00. The fourth-order valence-corrected chi connectivity index (χ4v) is 5.52. The number of piperazine rings is 1. The predicted molar refractivity (Wildman–Crippen MR) is 93.0 cm³/mol. The Morgan fingerprint density at radius 2 is 1.92 bits per heavy atom. The zero-order chi connectivity index (χ0) is 17.3. The number of sulfone groups is 1. The second-order valence-electron chi connectivity index (χ2n) is 6.84. The van der Waals surface area contributed by atoms with Gasteiger partial charge in [0.05, 0.1) is 30.8 Å². The molecular formula is C17H26N2O4S. The fraction of sp³-hybridized carbons (Fsp3) is 0.647. The van der Waals surface area contributed by atoms with Crippen LogP contribution in [-0.2, 0) is 16.4 Å². The Hall–Kier alpha value is -1.15. The van der Waals surface area contributed by atoms with E-state index >= 15 is 0 Å². The van der Waals surface area contributed by atoms with E-state index in [2.05, 4.69) is 22.8 Å². The molecule has 0 aromatic heterocycles. The lowest BCUT2D eigenvalue weighted by Gasteiger charge is -2.38. The molecular weight excluding hydrogens is 328 g/mol. The molecule has 2 atom stereocenters. The van der Waals surface area contributed by atoms with Gasteiger partial charge in [0.15, 0.2) is 9.84 Å². The summed E-state index contributed by atoms with van der Waals surface area (Å²) in [4.78, 5) is 4.48. The highest BCUT2D eigenvalue weighted by Gasteiger charge is 2.40. The van der Waals surface area contributed by atoms with Crippen LogP contribution >= 0.6 is 0 Å². The molecule has 0 unspecified atom stereocenters. The third-order valence-corrected chi connectivity index (χ3v) is 6.70. The van der Waals surface area contributed by atoms with Crippen LogP contribution in [0.25, 0.3) is 0 Å². The minimum Gasteiger partial charge on any atom is -0.496 e. The Kier molecular flexibility index (Phi) is 5.15. The van der Waals surface area contributed by atoms with Crippen molar-refractivity contribution < 1.29 is 18.3 Å². The maximum Gasteiger partial charge on any atom is 0.154 e. The van der Waals surface area contributed by atoms with Crippen molar-refractivity contribution in [1.82, 2.24) is 9.80 Å². The molecule has 0 radical (unpaired) electrons. The molecule has 0 bridgehead atoms. The normalized spacial score (nSPS) is 28.1. The van der Waals surface area contributed by atoms with E-state index in [0.29, 0.717) is 0 Å². The molecule has 0 saturated carbocycles. The van der Waals surface area contributed by atoms with Crippen LogP contribution in [0.5, 0.6) is 5.75 Å². The van der Waals surface area contributed by atoms with Gasteiger partial charge in [-0.15, -0.1) is 0 Å². The van der Waals surface area contributed by atoms with E-state index in [1.54, 1.807) is 7.11 Å². The van der Waals surface area contributed by atoms with Crippen molar-refractivity contribution in [3.8, 4) is 5.75 Å². The summed E-state index contributed by atoms with van der Waals surface area (Å²) in [5, 5.41) is 10.0. The SMILES string of the molecule is COc1ccc(C)cc1CN1CCN([C@H]2CS(=O)(=O)C[C@@H]2O)CC1. The van der Waals surface area contributed by atoms with Crippen molar-refractivity contribution in [3.05, 3.63) is 29.3 Å². The molecule has 6 nitrogen and oxygen atoms in total. The molecule has 134 valence electrons. The van der Waals surface area contributed by atoms with Gasteiger partial charge in [-0.25, -0.2) is 8.42 Å². The average Bonchev–Trinajstić information content (AvgIpc) is 2.81. The van der Waals surface area contributed by atoms with Crippen LogP contribution in [0.15, 0.2) is 18.2 Å². The molecule has 1 aromatic rings. The summed E-state index contributed by atoms with van der Waals surface area (Å²) in [6, 6.07) is 5.95. The van der Waals surface area contributed by atoms with Gasteiger partial charge >= 0.3 is 0 Å². The Morgan fingerprint density at radius 3 is 2.50 bits per heavy atom. The number of aryl methyl sites for hydroxylation is 1. The Morgan fingerprint density at radius 1 is 1.21 bits per heavy atom. The number of benzene rings is 1. The van der Waals surface area contributed by atoms with Crippen LogP contribution in [-0.4, -0.2) is 80.3 Å². The van der Waals surface area contributed by atoms with Crippen molar-refractivity contribution in [2.75, 3.05) is 44.8 Å². The van der Waals surface area contributed by atoms with Gasteiger partial charge in [0, 0.05) is 38.3 Å². The zero-order valence-corrected chi connectivity index (χ0v) is 15.1. The van der Waals surface area contributed by atoms with Crippen LogP contribution in [0, 0.1) is 6.92 Å². The van der Waals surface area contributed by atoms with Crippen LogP contribution in [0.4, 0.5) is 0 Å². The lowest BCUT2D eigenvalue weighted by molar-refractivity contribution is 0.0422. The van der Waals surface area contributed by atoms with Gasteiger partial charge in [0.2, 0.25) is 0 Å². The molecule has 1 aromatic carbocycles. The topological polar surface area (TPSA) is 70.1 Å². The smallest absolute Gasteiger partial charge is 0.154 e. The highest BCUT2D eigenvalue weighted by Crippen LogP contribution is 2.24. The minimum atomic E-state index is -3.09. The first-order chi connectivity index (χ1) is 11.4. The van der Waals surface area contributed by atoms with Crippen molar-refractivity contribution in [3.63, 3.8) is 0 Å². The van der Waals surface area contributed by atoms with E-state index in [1.807, 2.05) is 12.1 Å². The molecule has 2 aliphatic rings. The summed E-state index contributed by atoms with van der Waals surface area (Å²) in [6.07, 6.45) is -0.751. The van der Waals surface area contributed by atoms with Gasteiger partial charge in [0.1, 0.15) is 5.75 Å². The van der Waals surface area contributed by atoms with Crippen molar-refractivity contribution >= 4 is 9.84 Å². The predicted octanol–water partition coefficient (Wildman–Crippen LogP) is 0.279. The molecule has 2 heterocycles. The Labute approximate surface area is 143 Å². The second-order valence-corrected chi connectivity index (χ2v) is 8.99. The minimum absolute atomic E-state index is 0.0832. The highest BCUT2D eigenvalue weighted by molar-refractivity contribution is 7.91. The highest BCUT2D eigenvalue weighted by atomic mass is 32.2. The Balaban J connectivity index is 1.59. The molecule has 0 amide bonds. The quantitative estimate of drug-likeness (QED) is 0.838. The van der Waals surface area contributed by atoms with E-state index in [-0.39, 0.29) is 17.5 Å². The summed E-state index contributed by atoms with van der Waals surface area (Å²) < 4.78 is 28.8. The number of aliphatic hydroxyl groups is 1. The largest absolute Gasteiger partial charge is 0.496 e. The average molecular weight is 354 g/mol. The van der Waals surface area contributed by atoms with Crippen molar-refractivity contribution in [2.24, 2.45) is 0 Å². The number of hydrogen-bond acceptors (Lipinski definition) is 6. The summed E-state index contributed by atoms with van der Waals surface area (Å²) in [5.74, 6) is 0.887. The lowest BCUT2D eigenvalue weighted by atomic mass is 10.1.